The average molecular weight is 375 g/mol. The summed E-state index contributed by atoms with van der Waals surface area (Å²) in [6.07, 6.45) is 0. The van der Waals surface area contributed by atoms with Crippen molar-refractivity contribution in [2.75, 3.05) is 28.3 Å². The number of esters is 1. The molecule has 0 unspecified atom stereocenters. The Morgan fingerprint density at radius 1 is 1.00 bits per heavy atom. The van der Waals surface area contributed by atoms with Crippen LogP contribution in [0.1, 0.15) is 26.3 Å². The minimum absolute atomic E-state index is 0.0281. The average Bonchev–Trinajstić information content (AvgIpc) is 2.61. The lowest BCUT2D eigenvalue weighted by Crippen LogP contribution is -2.22. The highest BCUT2D eigenvalue weighted by Crippen LogP contribution is 2.41. The van der Waals surface area contributed by atoms with Crippen LogP contribution in [-0.2, 0) is 4.74 Å². The van der Waals surface area contributed by atoms with Crippen LogP contribution < -0.4 is 9.47 Å². The van der Waals surface area contributed by atoms with Gasteiger partial charge in [-0.3, -0.25) is 4.79 Å². The minimum Gasteiger partial charge on any atom is -0.508 e. The molecule has 0 saturated heterocycles. The van der Waals surface area contributed by atoms with Gasteiger partial charge in [0.25, 0.3) is 5.91 Å². The van der Waals surface area contributed by atoms with Crippen LogP contribution in [0.15, 0.2) is 24.3 Å². The summed E-state index contributed by atoms with van der Waals surface area (Å²) in [6.45, 7) is 1.71. The molecule has 27 heavy (non-hydrogen) atoms. The third-order valence-corrected chi connectivity index (χ3v) is 3.72. The largest absolute Gasteiger partial charge is 0.508 e. The molecule has 0 aliphatic heterocycles. The van der Waals surface area contributed by atoms with Gasteiger partial charge in [-0.15, -0.1) is 0 Å². The van der Waals surface area contributed by atoms with Gasteiger partial charge in [-0.1, -0.05) is 0 Å². The summed E-state index contributed by atoms with van der Waals surface area (Å²) < 4.78 is 15.7. The SMILES string of the molecule is COC(=O)c1cc(O)cc(OC)c1Oc1cc(C)cc(O)c1C(=O)N(C)C. The predicted molar refractivity (Wildman–Crippen MR) is 96.9 cm³/mol. The zero-order valence-corrected chi connectivity index (χ0v) is 15.7. The molecule has 0 radical (unpaired) electrons. The van der Waals surface area contributed by atoms with E-state index < -0.39 is 11.9 Å². The number of carbonyl (C=O) groups is 2. The van der Waals surface area contributed by atoms with Crippen molar-refractivity contribution in [2.45, 2.75) is 6.92 Å². The van der Waals surface area contributed by atoms with Crippen LogP contribution >= 0.6 is 0 Å². The molecule has 144 valence electrons. The maximum Gasteiger partial charge on any atom is 0.341 e. The summed E-state index contributed by atoms with van der Waals surface area (Å²) in [5, 5.41) is 20.1. The zero-order valence-electron chi connectivity index (χ0n) is 15.7. The molecule has 2 aromatic carbocycles. The number of amides is 1. The van der Waals surface area contributed by atoms with E-state index in [0.717, 1.165) is 6.07 Å². The maximum atomic E-state index is 12.5. The fourth-order valence-electron chi connectivity index (χ4n) is 2.47. The van der Waals surface area contributed by atoms with Gasteiger partial charge in [0.05, 0.1) is 14.2 Å². The van der Waals surface area contributed by atoms with Gasteiger partial charge in [0.2, 0.25) is 0 Å². The van der Waals surface area contributed by atoms with Crippen LogP contribution in [0.3, 0.4) is 0 Å². The van der Waals surface area contributed by atoms with E-state index in [9.17, 15) is 19.8 Å². The molecule has 0 saturated carbocycles. The smallest absolute Gasteiger partial charge is 0.341 e. The number of ether oxygens (including phenoxy) is 3. The molecule has 0 spiro atoms. The molecule has 0 bridgehead atoms. The Labute approximate surface area is 156 Å². The number of hydrogen-bond acceptors (Lipinski definition) is 7. The van der Waals surface area contributed by atoms with E-state index in [4.69, 9.17) is 14.2 Å². The summed E-state index contributed by atoms with van der Waals surface area (Å²) >= 11 is 0. The molecule has 2 aromatic rings. The number of aromatic hydroxyl groups is 2. The lowest BCUT2D eigenvalue weighted by atomic mass is 10.1. The number of hydrogen-bond donors (Lipinski definition) is 2. The highest BCUT2D eigenvalue weighted by molar-refractivity contribution is 6.00. The van der Waals surface area contributed by atoms with Gasteiger partial charge < -0.3 is 29.3 Å². The quantitative estimate of drug-likeness (QED) is 0.774. The van der Waals surface area contributed by atoms with Crippen LogP contribution in [0.4, 0.5) is 0 Å². The highest BCUT2D eigenvalue weighted by Gasteiger charge is 2.25. The van der Waals surface area contributed by atoms with Crippen molar-refractivity contribution in [3.05, 3.63) is 41.0 Å². The van der Waals surface area contributed by atoms with Gasteiger partial charge in [0, 0.05) is 20.2 Å². The number of benzene rings is 2. The fourth-order valence-corrected chi connectivity index (χ4v) is 2.47. The van der Waals surface area contributed by atoms with Gasteiger partial charge >= 0.3 is 5.97 Å². The van der Waals surface area contributed by atoms with E-state index in [2.05, 4.69) is 0 Å². The molecule has 8 nitrogen and oxygen atoms in total. The molecule has 1 amide bonds. The first kappa shape index (κ1) is 19.9. The van der Waals surface area contributed by atoms with Gasteiger partial charge in [0.15, 0.2) is 11.5 Å². The van der Waals surface area contributed by atoms with Crippen molar-refractivity contribution in [1.29, 1.82) is 0 Å². The highest BCUT2D eigenvalue weighted by atomic mass is 16.5. The van der Waals surface area contributed by atoms with Crippen molar-refractivity contribution in [3.8, 4) is 28.7 Å². The van der Waals surface area contributed by atoms with Crippen LogP contribution in [0.2, 0.25) is 0 Å². The molecular formula is C19H21NO7. The lowest BCUT2D eigenvalue weighted by Gasteiger charge is -2.19. The second kappa shape index (κ2) is 7.86. The van der Waals surface area contributed by atoms with E-state index in [-0.39, 0.29) is 39.9 Å². The maximum absolute atomic E-state index is 12.5. The Morgan fingerprint density at radius 3 is 2.22 bits per heavy atom. The number of aryl methyl sites for hydroxylation is 1. The first-order chi connectivity index (χ1) is 12.7. The first-order valence-corrected chi connectivity index (χ1v) is 7.92. The second-order valence-corrected chi connectivity index (χ2v) is 5.98. The zero-order chi connectivity index (χ0) is 20.3. The van der Waals surface area contributed by atoms with E-state index >= 15 is 0 Å². The molecule has 0 fully saturated rings. The van der Waals surface area contributed by atoms with Crippen LogP contribution in [0.5, 0.6) is 28.7 Å². The molecule has 8 heteroatoms. The van der Waals surface area contributed by atoms with E-state index in [1.165, 1.54) is 45.3 Å². The number of methoxy groups -OCH3 is 2. The number of phenols is 2. The number of nitrogens with zero attached hydrogens (tertiary/aromatic N) is 1. The van der Waals surface area contributed by atoms with Crippen molar-refractivity contribution in [2.24, 2.45) is 0 Å². The summed E-state index contributed by atoms with van der Waals surface area (Å²) in [5.74, 6) is -1.71. The fraction of sp³-hybridized carbons (Fsp3) is 0.263. The van der Waals surface area contributed by atoms with E-state index in [1.807, 2.05) is 0 Å². The van der Waals surface area contributed by atoms with E-state index in [0.29, 0.717) is 5.56 Å². The van der Waals surface area contributed by atoms with Gasteiger partial charge in [-0.2, -0.15) is 0 Å². The number of carbonyl (C=O) groups excluding carboxylic acids is 2. The van der Waals surface area contributed by atoms with Crippen LogP contribution in [0.25, 0.3) is 0 Å². The standard InChI is InChI=1S/C19H21NO7/c1-10-6-13(22)16(18(23)20(2)3)14(7-10)27-17-12(19(24)26-5)8-11(21)9-15(17)25-4/h6-9,21-22H,1-5H3. The second-order valence-electron chi connectivity index (χ2n) is 5.98. The molecule has 0 aliphatic carbocycles. The topological polar surface area (TPSA) is 106 Å². The van der Waals surface area contributed by atoms with Crippen LogP contribution in [0, 0.1) is 6.92 Å². The Balaban J connectivity index is 2.70. The predicted octanol–water partition coefficient (Wildman–Crippen LogP) is 2.70. The number of rotatable bonds is 5. The summed E-state index contributed by atoms with van der Waals surface area (Å²) in [5.41, 5.74) is 0.463. The molecule has 0 aliphatic rings. The van der Waals surface area contributed by atoms with E-state index in [1.54, 1.807) is 13.0 Å². The molecule has 2 N–H and O–H groups in total. The van der Waals surface area contributed by atoms with Gasteiger partial charge in [0.1, 0.15) is 28.4 Å². The summed E-state index contributed by atoms with van der Waals surface area (Å²) in [4.78, 5) is 25.9. The lowest BCUT2D eigenvalue weighted by molar-refractivity contribution is 0.0596. The van der Waals surface area contributed by atoms with Crippen molar-refractivity contribution >= 4 is 11.9 Å². The summed E-state index contributed by atoms with van der Waals surface area (Å²) in [7, 11) is 5.59. The molecular weight excluding hydrogens is 354 g/mol. The Bertz CT molecular complexity index is 890. The Hall–Kier alpha value is -3.42. The molecule has 2 rings (SSSR count). The summed E-state index contributed by atoms with van der Waals surface area (Å²) in [6, 6.07) is 5.39. The Kier molecular flexibility index (Phi) is 5.79. The van der Waals surface area contributed by atoms with Crippen molar-refractivity contribution in [3.63, 3.8) is 0 Å². The normalized spacial score (nSPS) is 10.3. The van der Waals surface area contributed by atoms with Crippen LogP contribution in [-0.4, -0.2) is 55.3 Å². The third kappa shape index (κ3) is 4.05. The minimum atomic E-state index is -0.767. The molecule has 0 atom stereocenters. The number of phenolic OH excluding ortho intramolecular Hbond substituents is 2. The first-order valence-electron chi connectivity index (χ1n) is 7.92. The van der Waals surface area contributed by atoms with Crippen molar-refractivity contribution in [1.82, 2.24) is 4.90 Å². The van der Waals surface area contributed by atoms with Gasteiger partial charge in [-0.05, 0) is 30.7 Å². The Morgan fingerprint density at radius 2 is 1.67 bits per heavy atom. The molecule has 0 aromatic heterocycles. The van der Waals surface area contributed by atoms with Crippen molar-refractivity contribution < 1.29 is 34.0 Å². The molecule has 0 heterocycles. The van der Waals surface area contributed by atoms with Gasteiger partial charge in [-0.25, -0.2) is 4.79 Å². The third-order valence-electron chi connectivity index (χ3n) is 3.72. The monoisotopic (exact) mass is 375 g/mol.